The maximum Gasteiger partial charge on any atom is 0.307 e. The Bertz CT molecular complexity index is 871. The normalized spacial score (nSPS) is 11.5. The topological polar surface area (TPSA) is 163 Å². The molecule has 0 saturated carbocycles. The predicted octanol–water partition coefficient (Wildman–Crippen LogP) is 6.55. The number of carbonyl (C=O) groups is 2. The summed E-state index contributed by atoms with van der Waals surface area (Å²) in [5, 5.41) is 0. The maximum atomic E-state index is 11.9. The monoisotopic (exact) mass is 899 g/mol. The third kappa shape index (κ3) is 54.6. The second-order valence-corrected chi connectivity index (χ2v) is 14.6. The first-order valence-electron chi connectivity index (χ1n) is 23.9. The minimum Gasteiger partial charge on any atom is -0.469 e. The van der Waals surface area contributed by atoms with Crippen molar-refractivity contribution in [3.63, 3.8) is 0 Å². The SMILES string of the molecule is CCCCCCCCCCCCCCCCCC(=O)OCCOCCOCCOCCOCCOCCOCCOCCOCCOCCOCCOCCOCCC(=O)OC. The van der Waals surface area contributed by atoms with Gasteiger partial charge in [-0.25, -0.2) is 0 Å². The highest BCUT2D eigenvalue weighted by molar-refractivity contribution is 5.69. The molecule has 0 rings (SSSR count). The quantitative estimate of drug-likeness (QED) is 0.0476. The molecule has 0 amide bonds. The van der Waals surface area contributed by atoms with Gasteiger partial charge in [-0.1, -0.05) is 96.8 Å². The van der Waals surface area contributed by atoms with Gasteiger partial charge in [-0.05, 0) is 6.42 Å². The van der Waals surface area contributed by atoms with Crippen LogP contribution >= 0.6 is 0 Å². The lowest BCUT2D eigenvalue weighted by Crippen LogP contribution is -2.16. The van der Waals surface area contributed by atoms with Crippen LogP contribution in [0.5, 0.6) is 0 Å². The van der Waals surface area contributed by atoms with E-state index in [4.69, 9.17) is 61.6 Å². The van der Waals surface area contributed by atoms with Crippen molar-refractivity contribution in [2.24, 2.45) is 0 Å². The second kappa shape index (κ2) is 55.6. The van der Waals surface area contributed by atoms with Gasteiger partial charge >= 0.3 is 11.9 Å². The van der Waals surface area contributed by atoms with E-state index in [1.165, 1.54) is 90.6 Å². The third-order valence-electron chi connectivity index (χ3n) is 9.25. The lowest BCUT2D eigenvalue weighted by Gasteiger charge is -2.09. The number of hydrogen-bond acceptors (Lipinski definition) is 16. The first-order chi connectivity index (χ1) is 30.7. The molecule has 0 aromatic carbocycles. The fourth-order valence-electron chi connectivity index (χ4n) is 5.71. The molecule has 0 fully saturated rings. The van der Waals surface area contributed by atoms with Crippen LogP contribution in [0, 0.1) is 0 Å². The zero-order chi connectivity index (χ0) is 44.8. The zero-order valence-electron chi connectivity index (χ0n) is 39.2. The fraction of sp³-hybridized carbons (Fsp3) is 0.957. The van der Waals surface area contributed by atoms with E-state index < -0.39 is 0 Å². The Morgan fingerprint density at radius 1 is 0.258 bits per heavy atom. The van der Waals surface area contributed by atoms with Crippen molar-refractivity contribution in [1.29, 1.82) is 0 Å². The maximum absolute atomic E-state index is 11.9. The predicted molar refractivity (Wildman–Crippen MR) is 237 cm³/mol. The van der Waals surface area contributed by atoms with Gasteiger partial charge in [0, 0.05) is 6.42 Å². The Labute approximate surface area is 375 Å². The highest BCUT2D eigenvalue weighted by Gasteiger charge is 2.04. The van der Waals surface area contributed by atoms with Crippen molar-refractivity contribution in [3.8, 4) is 0 Å². The van der Waals surface area contributed by atoms with Gasteiger partial charge in [-0.2, -0.15) is 0 Å². The summed E-state index contributed by atoms with van der Waals surface area (Å²) in [5.41, 5.74) is 0. The molecule has 0 spiro atoms. The van der Waals surface area contributed by atoms with Crippen LogP contribution in [0.1, 0.15) is 116 Å². The van der Waals surface area contributed by atoms with Gasteiger partial charge in [0.25, 0.3) is 0 Å². The van der Waals surface area contributed by atoms with Gasteiger partial charge in [0.15, 0.2) is 0 Å². The van der Waals surface area contributed by atoms with E-state index in [1.807, 2.05) is 0 Å². The molecule has 0 aliphatic carbocycles. The standard InChI is InChI=1S/C46H90O16/c1-3-4-5-6-7-8-9-10-11-12-13-14-15-16-17-18-46(48)62-44-43-61-42-41-60-40-39-59-38-37-58-36-35-57-34-33-56-32-31-55-30-29-54-28-27-53-26-25-52-24-23-51-22-21-50-20-19-45(47)49-2/h3-44H2,1-2H3. The Hall–Kier alpha value is -1.54. The molecule has 0 bridgehead atoms. The highest BCUT2D eigenvalue weighted by Crippen LogP contribution is 2.14. The zero-order valence-corrected chi connectivity index (χ0v) is 39.2. The number of carbonyl (C=O) groups excluding carboxylic acids is 2. The summed E-state index contributed by atoms with van der Waals surface area (Å²) in [6.07, 6.45) is 20.4. The summed E-state index contributed by atoms with van der Waals surface area (Å²) in [5.74, 6) is -0.423. The van der Waals surface area contributed by atoms with E-state index in [2.05, 4.69) is 11.7 Å². The molecule has 0 atom stereocenters. The molecule has 0 aromatic heterocycles. The molecular weight excluding hydrogens is 808 g/mol. The number of ether oxygens (including phenoxy) is 14. The van der Waals surface area contributed by atoms with E-state index in [-0.39, 0.29) is 25.0 Å². The summed E-state index contributed by atoms with van der Waals surface area (Å²) < 4.78 is 75.3. The van der Waals surface area contributed by atoms with E-state index in [1.54, 1.807) is 0 Å². The minimum absolute atomic E-state index is 0.135. The van der Waals surface area contributed by atoms with Crippen molar-refractivity contribution >= 4 is 11.9 Å². The lowest BCUT2D eigenvalue weighted by atomic mass is 10.0. The van der Waals surface area contributed by atoms with Gasteiger partial charge in [-0.3, -0.25) is 9.59 Å². The summed E-state index contributed by atoms with van der Waals surface area (Å²) in [6.45, 7) is 13.8. The molecule has 0 saturated heterocycles. The van der Waals surface area contributed by atoms with Crippen molar-refractivity contribution in [3.05, 3.63) is 0 Å². The van der Waals surface area contributed by atoms with E-state index in [9.17, 15) is 9.59 Å². The summed E-state index contributed by atoms with van der Waals surface area (Å²) in [7, 11) is 1.35. The molecule has 16 heteroatoms. The lowest BCUT2D eigenvalue weighted by molar-refractivity contribution is -0.145. The molecular formula is C46H90O16. The largest absolute Gasteiger partial charge is 0.469 e. The summed E-state index contributed by atoms with van der Waals surface area (Å²) in [4.78, 5) is 22.9. The second-order valence-electron chi connectivity index (χ2n) is 14.6. The van der Waals surface area contributed by atoms with Gasteiger partial charge in [0.1, 0.15) is 6.61 Å². The Morgan fingerprint density at radius 2 is 0.484 bits per heavy atom. The molecule has 0 aliphatic rings. The summed E-state index contributed by atoms with van der Waals surface area (Å²) >= 11 is 0. The Kier molecular flexibility index (Phi) is 54.2. The van der Waals surface area contributed by atoms with E-state index >= 15 is 0 Å². The molecule has 0 aromatic rings. The third-order valence-corrected chi connectivity index (χ3v) is 9.25. The average Bonchev–Trinajstić information content (AvgIpc) is 3.28. The van der Waals surface area contributed by atoms with Crippen LogP contribution in [0.15, 0.2) is 0 Å². The van der Waals surface area contributed by atoms with Gasteiger partial charge in [0.05, 0.1) is 172 Å². The van der Waals surface area contributed by atoms with Crippen LogP contribution < -0.4 is 0 Å². The molecule has 0 heterocycles. The van der Waals surface area contributed by atoms with Crippen molar-refractivity contribution in [1.82, 2.24) is 0 Å². The van der Waals surface area contributed by atoms with Gasteiger partial charge in [-0.15, -0.1) is 0 Å². The Morgan fingerprint density at radius 3 is 0.742 bits per heavy atom. The van der Waals surface area contributed by atoms with Crippen LogP contribution in [0.25, 0.3) is 0 Å². The first kappa shape index (κ1) is 60.5. The molecule has 0 radical (unpaired) electrons. The first-order valence-corrected chi connectivity index (χ1v) is 23.9. The molecule has 370 valence electrons. The fourth-order valence-corrected chi connectivity index (χ4v) is 5.71. The van der Waals surface area contributed by atoms with Crippen LogP contribution in [0.3, 0.4) is 0 Å². The minimum atomic E-state index is -0.288. The number of hydrogen-bond donors (Lipinski definition) is 0. The summed E-state index contributed by atoms with van der Waals surface area (Å²) in [6, 6.07) is 0. The molecule has 0 N–H and O–H groups in total. The molecule has 62 heavy (non-hydrogen) atoms. The number of esters is 2. The number of unbranched alkanes of at least 4 members (excludes halogenated alkanes) is 14. The van der Waals surface area contributed by atoms with Crippen molar-refractivity contribution in [2.45, 2.75) is 116 Å². The van der Waals surface area contributed by atoms with E-state index in [0.717, 1.165) is 12.8 Å². The number of methoxy groups -OCH3 is 1. The van der Waals surface area contributed by atoms with E-state index in [0.29, 0.717) is 165 Å². The van der Waals surface area contributed by atoms with Gasteiger partial charge in [0.2, 0.25) is 0 Å². The van der Waals surface area contributed by atoms with Crippen molar-refractivity contribution in [2.75, 3.05) is 172 Å². The smallest absolute Gasteiger partial charge is 0.307 e. The van der Waals surface area contributed by atoms with Crippen LogP contribution in [-0.2, 0) is 75.9 Å². The highest BCUT2D eigenvalue weighted by atomic mass is 16.6. The van der Waals surface area contributed by atoms with Crippen molar-refractivity contribution < 1.29 is 75.9 Å². The number of rotatable bonds is 55. The van der Waals surface area contributed by atoms with Crippen LogP contribution in [0.2, 0.25) is 0 Å². The average molecular weight is 899 g/mol. The Balaban J connectivity index is 3.13. The van der Waals surface area contributed by atoms with Crippen LogP contribution in [0.4, 0.5) is 0 Å². The molecule has 16 nitrogen and oxygen atoms in total. The van der Waals surface area contributed by atoms with Crippen LogP contribution in [-0.4, -0.2) is 184 Å². The van der Waals surface area contributed by atoms with Gasteiger partial charge < -0.3 is 66.3 Å². The molecule has 0 unspecified atom stereocenters. The molecule has 0 aliphatic heterocycles.